The van der Waals surface area contributed by atoms with Crippen molar-refractivity contribution in [1.29, 1.82) is 0 Å². The molecule has 1 aliphatic rings. The lowest BCUT2D eigenvalue weighted by Crippen LogP contribution is -2.27. The molecular weight excluding hydrogens is 526 g/mol. The normalized spacial score (nSPS) is 14.7. The van der Waals surface area contributed by atoms with Crippen LogP contribution < -0.4 is 14.2 Å². The van der Waals surface area contributed by atoms with Gasteiger partial charge in [0.1, 0.15) is 10.1 Å². The highest BCUT2D eigenvalue weighted by atomic mass is 32.2. The number of hydrogen-bond donors (Lipinski definition) is 0. The molecule has 1 saturated heterocycles. The molecule has 0 radical (unpaired) electrons. The minimum atomic E-state index is -0.0832. The molecule has 204 valence electrons. The number of amides is 1. The van der Waals surface area contributed by atoms with Crippen LogP contribution in [0.5, 0.6) is 17.2 Å². The van der Waals surface area contributed by atoms with Gasteiger partial charge < -0.3 is 14.2 Å². The number of carbonyl (C=O) groups is 1. The first-order chi connectivity index (χ1) is 18.7. The van der Waals surface area contributed by atoms with E-state index in [1.807, 2.05) is 73.7 Å². The minimum absolute atomic E-state index is 0.0832. The molecule has 1 amide bonds. The molecule has 0 bridgehead atoms. The number of hydrogen-bond acceptors (Lipinski definition) is 6. The number of nitrogens with zero attached hydrogens (tertiary/aromatic N) is 1. The molecule has 0 N–H and O–H groups in total. The highest BCUT2D eigenvalue weighted by Gasteiger charge is 2.32. The zero-order valence-corrected chi connectivity index (χ0v) is 24.6. The molecule has 7 heteroatoms. The lowest BCUT2D eigenvalue weighted by atomic mass is 9.87. The number of thioether (sulfide) groups is 1. The SMILES string of the molecule is CCOc1cc(C=C2SC(=S)N(Cc3ccccc3)C2=O)ccc1OCCCOc1ccc(C(C)(C)C)cc1. The van der Waals surface area contributed by atoms with Crippen molar-refractivity contribution in [2.24, 2.45) is 0 Å². The Morgan fingerprint density at radius 1 is 0.897 bits per heavy atom. The average molecular weight is 562 g/mol. The lowest BCUT2D eigenvalue weighted by molar-refractivity contribution is -0.122. The molecule has 1 heterocycles. The molecule has 39 heavy (non-hydrogen) atoms. The molecule has 1 fully saturated rings. The van der Waals surface area contributed by atoms with Crippen LogP contribution >= 0.6 is 24.0 Å². The fraction of sp³-hybridized carbons (Fsp3) is 0.312. The maximum Gasteiger partial charge on any atom is 0.266 e. The van der Waals surface area contributed by atoms with Gasteiger partial charge in [0.25, 0.3) is 5.91 Å². The van der Waals surface area contributed by atoms with E-state index in [-0.39, 0.29) is 11.3 Å². The summed E-state index contributed by atoms with van der Waals surface area (Å²) in [5.41, 5.74) is 3.30. The van der Waals surface area contributed by atoms with Crippen LogP contribution in [0.25, 0.3) is 6.08 Å². The van der Waals surface area contributed by atoms with E-state index in [0.717, 1.165) is 23.3 Å². The van der Waals surface area contributed by atoms with Crippen molar-refractivity contribution in [3.63, 3.8) is 0 Å². The molecule has 1 aliphatic heterocycles. The zero-order chi connectivity index (χ0) is 27.8. The van der Waals surface area contributed by atoms with E-state index in [2.05, 4.69) is 32.9 Å². The summed E-state index contributed by atoms with van der Waals surface area (Å²) in [6.07, 6.45) is 2.59. The summed E-state index contributed by atoms with van der Waals surface area (Å²) in [6, 6.07) is 23.8. The van der Waals surface area contributed by atoms with Crippen LogP contribution in [0.4, 0.5) is 0 Å². The summed E-state index contributed by atoms with van der Waals surface area (Å²) in [4.78, 5) is 15.3. The molecule has 0 aromatic heterocycles. The smallest absolute Gasteiger partial charge is 0.266 e. The van der Waals surface area contributed by atoms with Crippen molar-refractivity contribution in [2.45, 2.75) is 46.1 Å². The standard InChI is InChI=1S/C32H35NO4S2/c1-5-35-28-20-24(21-29-30(34)33(31(38)39-29)22-23-10-7-6-8-11-23)12-17-27(28)37-19-9-18-36-26-15-13-25(14-16-26)32(2,3)4/h6-8,10-17,20-21H,5,9,18-19,22H2,1-4H3. The molecule has 4 rings (SSSR count). The number of benzene rings is 3. The number of ether oxygens (including phenoxy) is 3. The van der Waals surface area contributed by atoms with Crippen LogP contribution in [0, 0.1) is 0 Å². The first-order valence-corrected chi connectivity index (χ1v) is 14.4. The summed E-state index contributed by atoms with van der Waals surface area (Å²) in [6.45, 7) is 10.6. The Morgan fingerprint density at radius 3 is 2.31 bits per heavy atom. The Morgan fingerprint density at radius 2 is 1.62 bits per heavy atom. The summed E-state index contributed by atoms with van der Waals surface area (Å²) in [5.74, 6) is 2.08. The lowest BCUT2D eigenvalue weighted by Gasteiger charge is -2.19. The van der Waals surface area contributed by atoms with Crippen LogP contribution in [-0.2, 0) is 16.8 Å². The minimum Gasteiger partial charge on any atom is -0.493 e. The zero-order valence-electron chi connectivity index (χ0n) is 22.9. The topological polar surface area (TPSA) is 48.0 Å². The summed E-state index contributed by atoms with van der Waals surface area (Å²) in [5, 5.41) is 0. The van der Waals surface area contributed by atoms with E-state index in [1.165, 1.54) is 17.3 Å². The Bertz CT molecular complexity index is 1310. The van der Waals surface area contributed by atoms with Gasteiger partial charge in [-0.15, -0.1) is 0 Å². The van der Waals surface area contributed by atoms with Crippen LogP contribution in [0.3, 0.4) is 0 Å². The van der Waals surface area contributed by atoms with Crippen molar-refractivity contribution in [2.75, 3.05) is 19.8 Å². The fourth-order valence-electron chi connectivity index (χ4n) is 4.04. The number of rotatable bonds is 11. The second-order valence-corrected chi connectivity index (χ2v) is 11.9. The third kappa shape index (κ3) is 7.87. The Labute approximate surface area is 241 Å². The van der Waals surface area contributed by atoms with Gasteiger partial charge in [-0.2, -0.15) is 0 Å². The van der Waals surface area contributed by atoms with Crippen LogP contribution in [0.1, 0.15) is 50.8 Å². The molecule has 0 atom stereocenters. The number of carbonyl (C=O) groups excluding carboxylic acids is 1. The Kier molecular flexibility index (Phi) is 9.70. The predicted molar refractivity (Wildman–Crippen MR) is 164 cm³/mol. The van der Waals surface area contributed by atoms with Crippen molar-refractivity contribution >= 4 is 40.3 Å². The first-order valence-electron chi connectivity index (χ1n) is 13.2. The second kappa shape index (κ2) is 13.2. The Balaban J connectivity index is 1.33. The highest BCUT2D eigenvalue weighted by Crippen LogP contribution is 2.35. The molecule has 0 spiro atoms. The van der Waals surface area contributed by atoms with E-state index in [0.29, 0.717) is 47.1 Å². The van der Waals surface area contributed by atoms with Gasteiger partial charge in [0.15, 0.2) is 11.5 Å². The van der Waals surface area contributed by atoms with E-state index in [9.17, 15) is 4.79 Å². The van der Waals surface area contributed by atoms with Gasteiger partial charge in [0, 0.05) is 6.42 Å². The highest BCUT2D eigenvalue weighted by molar-refractivity contribution is 8.26. The van der Waals surface area contributed by atoms with E-state index in [1.54, 1.807) is 4.90 Å². The fourth-order valence-corrected chi connectivity index (χ4v) is 5.29. The first kappa shape index (κ1) is 28.7. The summed E-state index contributed by atoms with van der Waals surface area (Å²) >= 11 is 6.81. The van der Waals surface area contributed by atoms with Gasteiger partial charge in [0.2, 0.25) is 0 Å². The summed E-state index contributed by atoms with van der Waals surface area (Å²) < 4.78 is 18.3. The van der Waals surface area contributed by atoms with Crippen LogP contribution in [-0.4, -0.2) is 34.9 Å². The van der Waals surface area contributed by atoms with E-state index in [4.69, 9.17) is 26.4 Å². The van der Waals surface area contributed by atoms with Gasteiger partial charge in [-0.1, -0.05) is 93.3 Å². The average Bonchev–Trinajstić information content (AvgIpc) is 3.17. The van der Waals surface area contributed by atoms with Crippen molar-refractivity contribution in [3.8, 4) is 17.2 Å². The van der Waals surface area contributed by atoms with Gasteiger partial charge in [0.05, 0.1) is 31.3 Å². The van der Waals surface area contributed by atoms with Gasteiger partial charge in [-0.05, 0) is 59.4 Å². The molecular formula is C32H35NO4S2. The maximum absolute atomic E-state index is 13.0. The molecule has 3 aromatic carbocycles. The third-order valence-electron chi connectivity index (χ3n) is 6.16. The summed E-state index contributed by atoms with van der Waals surface area (Å²) in [7, 11) is 0. The monoisotopic (exact) mass is 561 g/mol. The molecule has 0 aliphatic carbocycles. The molecule has 0 unspecified atom stereocenters. The van der Waals surface area contributed by atoms with Crippen molar-refractivity contribution in [1.82, 2.24) is 4.90 Å². The maximum atomic E-state index is 13.0. The quantitative estimate of drug-likeness (QED) is 0.136. The van der Waals surface area contributed by atoms with Gasteiger partial charge >= 0.3 is 0 Å². The molecule has 3 aromatic rings. The third-order valence-corrected chi connectivity index (χ3v) is 7.54. The predicted octanol–water partition coefficient (Wildman–Crippen LogP) is 7.63. The van der Waals surface area contributed by atoms with Gasteiger partial charge in [-0.25, -0.2) is 0 Å². The number of thiocarbonyl (C=S) groups is 1. The van der Waals surface area contributed by atoms with Gasteiger partial charge in [-0.3, -0.25) is 9.69 Å². The van der Waals surface area contributed by atoms with Crippen LogP contribution in [0.15, 0.2) is 77.7 Å². The van der Waals surface area contributed by atoms with Crippen LogP contribution in [0.2, 0.25) is 0 Å². The molecule has 5 nitrogen and oxygen atoms in total. The van der Waals surface area contributed by atoms with E-state index < -0.39 is 0 Å². The van der Waals surface area contributed by atoms with E-state index >= 15 is 0 Å². The molecule has 0 saturated carbocycles. The van der Waals surface area contributed by atoms with Crippen molar-refractivity contribution in [3.05, 3.63) is 94.4 Å². The van der Waals surface area contributed by atoms with Crippen molar-refractivity contribution < 1.29 is 19.0 Å². The largest absolute Gasteiger partial charge is 0.493 e. The second-order valence-electron chi connectivity index (χ2n) is 10.2. The Hall–Kier alpha value is -3.29.